The molecule has 3 aromatic carbocycles. The minimum absolute atomic E-state index is 0.0378. The number of carbonyl (C=O) groups is 1. The fraction of sp³-hybridized carbons (Fsp3) is 0.276. The molecule has 0 aliphatic rings. The van der Waals surface area contributed by atoms with E-state index in [1.165, 1.54) is 21.9 Å². The Labute approximate surface area is 206 Å². The highest BCUT2D eigenvalue weighted by Crippen LogP contribution is 2.29. The van der Waals surface area contributed by atoms with Gasteiger partial charge in [0.25, 0.3) is 0 Å². The Kier molecular flexibility index (Phi) is 7.23. The van der Waals surface area contributed by atoms with E-state index in [0.717, 1.165) is 15.6 Å². The van der Waals surface area contributed by atoms with E-state index in [-0.39, 0.29) is 5.92 Å². The quantitative estimate of drug-likeness (QED) is 0.296. The number of aromatic nitrogens is 1. The lowest BCUT2D eigenvalue weighted by Gasteiger charge is -2.23. The standard InChI is InChI=1S/C29H30N2O2S/c1-29(2,3)33-28(32)31-19-24(27-10-6-8-21-7-4-5-9-26(21)27)17-25(34)16-20-11-12-23-18-30-14-13-22(23)15-20/h4-15,18,24H,16-17,19H2,1-3H3,(H,31,32). The molecule has 4 aromatic rings. The minimum Gasteiger partial charge on any atom is -0.444 e. The Morgan fingerprint density at radius 1 is 1.00 bits per heavy atom. The summed E-state index contributed by atoms with van der Waals surface area (Å²) in [6.45, 7) is 6.04. The summed E-state index contributed by atoms with van der Waals surface area (Å²) in [4.78, 5) is 17.5. The second-order valence-corrected chi connectivity index (χ2v) is 10.2. The molecule has 1 aromatic heterocycles. The molecule has 4 rings (SSSR count). The first-order chi connectivity index (χ1) is 16.3. The summed E-state index contributed by atoms with van der Waals surface area (Å²) in [5.74, 6) is 0.0378. The number of amides is 1. The highest BCUT2D eigenvalue weighted by atomic mass is 32.1. The van der Waals surface area contributed by atoms with Gasteiger partial charge in [0.05, 0.1) is 0 Å². The molecule has 0 radical (unpaired) electrons. The second-order valence-electron chi connectivity index (χ2n) is 9.62. The molecule has 1 atom stereocenters. The third kappa shape index (κ3) is 6.17. The molecule has 0 aliphatic heterocycles. The molecule has 0 bridgehead atoms. The van der Waals surface area contributed by atoms with Crippen molar-refractivity contribution in [3.8, 4) is 0 Å². The molecule has 1 N–H and O–H groups in total. The van der Waals surface area contributed by atoms with Crippen LogP contribution in [0.1, 0.15) is 44.2 Å². The van der Waals surface area contributed by atoms with Gasteiger partial charge in [-0.2, -0.15) is 0 Å². The Bertz CT molecular complexity index is 1320. The van der Waals surface area contributed by atoms with Crippen LogP contribution < -0.4 is 5.32 Å². The van der Waals surface area contributed by atoms with Crippen LogP contribution in [0, 0.1) is 0 Å². The molecule has 174 valence electrons. The van der Waals surface area contributed by atoms with Gasteiger partial charge in [-0.05, 0) is 65.4 Å². The number of benzene rings is 3. The smallest absolute Gasteiger partial charge is 0.407 e. The molecule has 5 heteroatoms. The van der Waals surface area contributed by atoms with Gasteiger partial charge in [0, 0.05) is 36.7 Å². The van der Waals surface area contributed by atoms with Crippen LogP contribution in [0.15, 0.2) is 79.1 Å². The Hall–Kier alpha value is -3.31. The number of thiocarbonyl (C=S) groups is 1. The van der Waals surface area contributed by atoms with Crippen molar-refractivity contribution in [2.24, 2.45) is 0 Å². The fourth-order valence-electron chi connectivity index (χ4n) is 4.24. The SMILES string of the molecule is CC(C)(C)OC(=O)NCC(CC(=S)Cc1ccc2cnccc2c1)c1cccc2ccccc12. The van der Waals surface area contributed by atoms with Gasteiger partial charge < -0.3 is 10.1 Å². The van der Waals surface area contributed by atoms with Crippen molar-refractivity contribution in [1.82, 2.24) is 10.3 Å². The lowest BCUT2D eigenvalue weighted by molar-refractivity contribution is 0.0524. The summed E-state index contributed by atoms with van der Waals surface area (Å²) in [6.07, 6.45) is 4.67. The highest BCUT2D eigenvalue weighted by Gasteiger charge is 2.21. The van der Waals surface area contributed by atoms with E-state index < -0.39 is 11.7 Å². The summed E-state index contributed by atoms with van der Waals surface area (Å²) in [5.41, 5.74) is 1.82. The highest BCUT2D eigenvalue weighted by molar-refractivity contribution is 7.80. The zero-order valence-corrected chi connectivity index (χ0v) is 20.7. The third-order valence-corrected chi connectivity index (χ3v) is 6.05. The number of nitrogens with one attached hydrogen (secondary N) is 1. The number of pyridine rings is 1. The molecular weight excluding hydrogens is 440 g/mol. The molecule has 34 heavy (non-hydrogen) atoms. The van der Waals surface area contributed by atoms with Crippen molar-refractivity contribution in [1.29, 1.82) is 0 Å². The number of ether oxygens (including phenoxy) is 1. The van der Waals surface area contributed by atoms with E-state index in [4.69, 9.17) is 17.0 Å². The zero-order valence-electron chi connectivity index (χ0n) is 19.9. The number of hydrogen-bond acceptors (Lipinski definition) is 4. The molecule has 0 aliphatic carbocycles. The number of fused-ring (bicyclic) bond motifs is 2. The van der Waals surface area contributed by atoms with Gasteiger partial charge in [-0.25, -0.2) is 4.79 Å². The second kappa shape index (κ2) is 10.3. The minimum atomic E-state index is -0.542. The summed E-state index contributed by atoms with van der Waals surface area (Å²) < 4.78 is 5.47. The maximum Gasteiger partial charge on any atom is 0.407 e. The fourth-order valence-corrected chi connectivity index (χ4v) is 4.60. The molecule has 4 nitrogen and oxygen atoms in total. The molecule has 0 spiro atoms. The van der Waals surface area contributed by atoms with E-state index in [1.54, 1.807) is 0 Å². The van der Waals surface area contributed by atoms with Gasteiger partial charge in [0.1, 0.15) is 5.60 Å². The molecule has 0 saturated heterocycles. The van der Waals surface area contributed by atoms with Crippen molar-refractivity contribution in [2.75, 3.05) is 6.54 Å². The summed E-state index contributed by atoms with van der Waals surface area (Å²) in [6, 6.07) is 23.0. The average molecular weight is 471 g/mol. The van der Waals surface area contributed by atoms with E-state index >= 15 is 0 Å². The maximum atomic E-state index is 12.4. The van der Waals surface area contributed by atoms with Crippen LogP contribution in [0.25, 0.3) is 21.5 Å². The van der Waals surface area contributed by atoms with Crippen molar-refractivity contribution in [3.63, 3.8) is 0 Å². The van der Waals surface area contributed by atoms with Crippen molar-refractivity contribution >= 4 is 44.7 Å². The van der Waals surface area contributed by atoms with Crippen LogP contribution >= 0.6 is 12.2 Å². The Morgan fingerprint density at radius 3 is 2.62 bits per heavy atom. The first kappa shape index (κ1) is 23.8. The number of carbonyl (C=O) groups excluding carboxylic acids is 1. The number of nitrogens with zero attached hydrogens (tertiary/aromatic N) is 1. The van der Waals surface area contributed by atoms with Crippen LogP contribution in [-0.2, 0) is 11.2 Å². The van der Waals surface area contributed by atoms with Crippen LogP contribution in [0.2, 0.25) is 0 Å². The largest absolute Gasteiger partial charge is 0.444 e. The molecule has 1 heterocycles. The molecule has 1 unspecified atom stereocenters. The lowest BCUT2D eigenvalue weighted by Crippen LogP contribution is -2.35. The number of alkyl carbamates (subject to hydrolysis) is 1. The van der Waals surface area contributed by atoms with Gasteiger partial charge in [0.15, 0.2) is 0 Å². The van der Waals surface area contributed by atoms with Gasteiger partial charge in [-0.1, -0.05) is 72.9 Å². The number of rotatable bonds is 7. The molecule has 1 amide bonds. The number of hydrogen-bond donors (Lipinski definition) is 1. The van der Waals surface area contributed by atoms with E-state index in [1.807, 2.05) is 51.4 Å². The molecule has 0 fully saturated rings. The lowest BCUT2D eigenvalue weighted by atomic mass is 9.88. The summed E-state index contributed by atoms with van der Waals surface area (Å²) in [7, 11) is 0. The van der Waals surface area contributed by atoms with Gasteiger partial charge in [-0.3, -0.25) is 4.98 Å². The zero-order chi connectivity index (χ0) is 24.1. The van der Waals surface area contributed by atoms with Crippen LogP contribution in [0.4, 0.5) is 4.79 Å². The van der Waals surface area contributed by atoms with E-state index in [2.05, 4.69) is 58.8 Å². The summed E-state index contributed by atoms with van der Waals surface area (Å²) >= 11 is 5.87. The van der Waals surface area contributed by atoms with Crippen LogP contribution in [-0.4, -0.2) is 28.1 Å². The van der Waals surface area contributed by atoms with Gasteiger partial charge in [0.2, 0.25) is 0 Å². The predicted octanol–water partition coefficient (Wildman–Crippen LogP) is 7.00. The summed E-state index contributed by atoms with van der Waals surface area (Å²) in [5, 5.41) is 7.61. The van der Waals surface area contributed by atoms with Gasteiger partial charge in [-0.15, -0.1) is 0 Å². The third-order valence-electron chi connectivity index (χ3n) is 5.74. The first-order valence-corrected chi connectivity index (χ1v) is 12.0. The van der Waals surface area contributed by atoms with Crippen LogP contribution in [0.5, 0.6) is 0 Å². The van der Waals surface area contributed by atoms with Crippen molar-refractivity contribution in [2.45, 2.75) is 45.1 Å². The Balaban J connectivity index is 1.55. The van der Waals surface area contributed by atoms with Crippen LogP contribution in [0.3, 0.4) is 0 Å². The monoisotopic (exact) mass is 470 g/mol. The topological polar surface area (TPSA) is 51.2 Å². The molecule has 0 saturated carbocycles. The maximum absolute atomic E-state index is 12.4. The predicted molar refractivity (Wildman–Crippen MR) is 144 cm³/mol. The van der Waals surface area contributed by atoms with E-state index in [9.17, 15) is 4.79 Å². The van der Waals surface area contributed by atoms with E-state index in [0.29, 0.717) is 19.4 Å². The normalized spacial score (nSPS) is 12.4. The van der Waals surface area contributed by atoms with Crippen molar-refractivity contribution < 1.29 is 9.53 Å². The Morgan fingerprint density at radius 2 is 1.79 bits per heavy atom. The average Bonchev–Trinajstić information content (AvgIpc) is 2.80. The first-order valence-electron chi connectivity index (χ1n) is 11.6. The van der Waals surface area contributed by atoms with Crippen molar-refractivity contribution in [3.05, 3.63) is 90.3 Å². The van der Waals surface area contributed by atoms with Gasteiger partial charge >= 0.3 is 6.09 Å². The molecular formula is C29H30N2O2S.